The van der Waals surface area contributed by atoms with Gasteiger partial charge in [-0.15, -0.1) is 0 Å². The summed E-state index contributed by atoms with van der Waals surface area (Å²) < 4.78 is 21.3. The summed E-state index contributed by atoms with van der Waals surface area (Å²) in [5.74, 6) is 0.920. The molecule has 3 rings (SSSR count). The Morgan fingerprint density at radius 1 is 0.971 bits per heavy atom. The Hall–Kier alpha value is -3.69. The van der Waals surface area contributed by atoms with E-state index in [0.717, 1.165) is 5.56 Å². The van der Waals surface area contributed by atoms with E-state index in [9.17, 15) is 9.59 Å². The van der Waals surface area contributed by atoms with Crippen molar-refractivity contribution in [2.75, 3.05) is 27.9 Å². The van der Waals surface area contributed by atoms with Crippen LogP contribution < -0.4 is 25.0 Å². The molecule has 0 atom stereocenters. The van der Waals surface area contributed by atoms with E-state index in [1.54, 1.807) is 30.3 Å². The normalized spacial score (nSPS) is 10.7. The standard InChI is InChI=1S/C23H21Cl2N3O6/c1-31-19-9-14(10-20(32-2)22(19)33-3)23(30)26-12-21(29)28-27-11-15-5-7-18(34-15)13-4-6-16(24)17(25)8-13/h4-11H,12H2,1-3H3,(H,26,30)(H,28,29)/b27-11-. The molecule has 2 N–H and O–H groups in total. The number of nitrogens with zero attached hydrogens (tertiary/aromatic N) is 1. The van der Waals surface area contributed by atoms with Crippen molar-refractivity contribution >= 4 is 41.2 Å². The molecule has 0 fully saturated rings. The van der Waals surface area contributed by atoms with Crippen LogP contribution in [0.15, 0.2) is 52.0 Å². The molecule has 0 saturated heterocycles. The highest BCUT2D eigenvalue weighted by atomic mass is 35.5. The number of rotatable bonds is 9. The quantitative estimate of drug-likeness (QED) is 0.333. The minimum absolute atomic E-state index is 0.233. The van der Waals surface area contributed by atoms with Crippen molar-refractivity contribution in [3.8, 4) is 28.6 Å². The zero-order chi connectivity index (χ0) is 24.7. The molecule has 1 heterocycles. The van der Waals surface area contributed by atoms with Crippen molar-refractivity contribution in [3.05, 3.63) is 63.8 Å². The van der Waals surface area contributed by atoms with Crippen molar-refractivity contribution in [1.82, 2.24) is 10.7 Å². The number of benzene rings is 2. The van der Waals surface area contributed by atoms with Crippen LogP contribution in [-0.2, 0) is 4.79 Å². The number of methoxy groups -OCH3 is 3. The van der Waals surface area contributed by atoms with E-state index in [4.69, 9.17) is 41.8 Å². The van der Waals surface area contributed by atoms with Gasteiger partial charge in [-0.2, -0.15) is 5.10 Å². The Balaban J connectivity index is 1.55. The lowest BCUT2D eigenvalue weighted by Crippen LogP contribution is -2.34. The highest BCUT2D eigenvalue weighted by molar-refractivity contribution is 6.42. The van der Waals surface area contributed by atoms with Crippen LogP contribution in [0.3, 0.4) is 0 Å². The van der Waals surface area contributed by atoms with Gasteiger partial charge in [-0.3, -0.25) is 9.59 Å². The van der Waals surface area contributed by atoms with Gasteiger partial charge in [-0.1, -0.05) is 23.2 Å². The van der Waals surface area contributed by atoms with Gasteiger partial charge in [0.1, 0.15) is 11.5 Å². The Morgan fingerprint density at radius 3 is 2.29 bits per heavy atom. The highest BCUT2D eigenvalue weighted by Crippen LogP contribution is 2.38. The number of carbonyl (C=O) groups excluding carboxylic acids is 2. The van der Waals surface area contributed by atoms with Crippen LogP contribution in [0, 0.1) is 0 Å². The smallest absolute Gasteiger partial charge is 0.259 e. The molecule has 0 saturated carbocycles. The number of carbonyl (C=O) groups is 2. The molecule has 2 aromatic carbocycles. The molecular weight excluding hydrogens is 485 g/mol. The Morgan fingerprint density at radius 2 is 1.68 bits per heavy atom. The van der Waals surface area contributed by atoms with E-state index in [1.165, 1.54) is 39.7 Å². The molecule has 0 aliphatic rings. The molecule has 9 nitrogen and oxygen atoms in total. The highest BCUT2D eigenvalue weighted by Gasteiger charge is 2.17. The minimum Gasteiger partial charge on any atom is -0.493 e. The fourth-order valence-corrected chi connectivity index (χ4v) is 3.21. The second kappa shape index (κ2) is 11.4. The van der Waals surface area contributed by atoms with Gasteiger partial charge >= 0.3 is 0 Å². The predicted octanol–water partition coefficient (Wildman–Crippen LogP) is 4.16. The fourth-order valence-electron chi connectivity index (χ4n) is 2.91. The lowest BCUT2D eigenvalue weighted by Gasteiger charge is -2.14. The van der Waals surface area contributed by atoms with Gasteiger partial charge in [0.2, 0.25) is 5.75 Å². The maximum Gasteiger partial charge on any atom is 0.259 e. The van der Waals surface area contributed by atoms with Crippen molar-refractivity contribution in [2.24, 2.45) is 5.10 Å². The van der Waals surface area contributed by atoms with Crippen LogP contribution in [0.2, 0.25) is 10.0 Å². The van der Waals surface area contributed by atoms with E-state index in [2.05, 4.69) is 15.8 Å². The van der Waals surface area contributed by atoms with Crippen LogP contribution in [0.5, 0.6) is 17.2 Å². The molecular formula is C23H21Cl2N3O6. The van der Waals surface area contributed by atoms with Gasteiger partial charge in [0, 0.05) is 11.1 Å². The fraction of sp³-hybridized carbons (Fsp3) is 0.174. The van der Waals surface area contributed by atoms with Crippen LogP contribution >= 0.6 is 23.2 Å². The molecule has 0 radical (unpaired) electrons. The first-order chi connectivity index (χ1) is 16.4. The molecule has 34 heavy (non-hydrogen) atoms. The number of ether oxygens (including phenoxy) is 3. The first-order valence-electron chi connectivity index (χ1n) is 9.81. The minimum atomic E-state index is -0.534. The first kappa shape index (κ1) is 24.9. The summed E-state index contributed by atoms with van der Waals surface area (Å²) in [5.41, 5.74) is 3.29. The molecule has 0 bridgehead atoms. The van der Waals surface area contributed by atoms with Gasteiger partial charge in [0.25, 0.3) is 11.8 Å². The summed E-state index contributed by atoms with van der Waals surface area (Å²) >= 11 is 12.0. The van der Waals surface area contributed by atoms with Crippen molar-refractivity contribution in [3.63, 3.8) is 0 Å². The molecule has 0 spiro atoms. The van der Waals surface area contributed by atoms with Crippen LogP contribution in [0.4, 0.5) is 0 Å². The molecule has 0 aliphatic heterocycles. The third-order valence-electron chi connectivity index (χ3n) is 4.55. The second-order valence-corrected chi connectivity index (χ2v) is 7.54. The molecule has 2 amide bonds. The van der Waals surface area contributed by atoms with Gasteiger partial charge in [-0.25, -0.2) is 5.43 Å². The predicted molar refractivity (Wildman–Crippen MR) is 128 cm³/mol. The van der Waals surface area contributed by atoms with Crippen molar-refractivity contribution in [1.29, 1.82) is 0 Å². The lowest BCUT2D eigenvalue weighted by molar-refractivity contribution is -0.120. The molecule has 3 aromatic rings. The van der Waals surface area contributed by atoms with E-state index in [0.29, 0.717) is 38.8 Å². The molecule has 11 heteroatoms. The summed E-state index contributed by atoms with van der Waals surface area (Å²) in [4.78, 5) is 24.5. The summed E-state index contributed by atoms with van der Waals surface area (Å²) in [7, 11) is 4.34. The van der Waals surface area contributed by atoms with E-state index in [-0.39, 0.29) is 12.1 Å². The second-order valence-electron chi connectivity index (χ2n) is 6.72. The Kier molecular flexibility index (Phi) is 8.39. The number of hydrazone groups is 1. The third kappa shape index (κ3) is 6.00. The van der Waals surface area contributed by atoms with Crippen molar-refractivity contribution < 1.29 is 28.2 Å². The number of halogens is 2. The SMILES string of the molecule is COc1cc(C(=O)NCC(=O)N/N=C\c2ccc(-c3ccc(Cl)c(Cl)c3)o2)cc(OC)c1OC. The first-order valence-corrected chi connectivity index (χ1v) is 10.6. The number of hydrogen-bond acceptors (Lipinski definition) is 7. The zero-order valence-electron chi connectivity index (χ0n) is 18.5. The molecule has 0 aliphatic carbocycles. The molecule has 178 valence electrons. The summed E-state index contributed by atoms with van der Waals surface area (Å²) in [6.07, 6.45) is 1.33. The van der Waals surface area contributed by atoms with E-state index in [1.807, 2.05) is 0 Å². The Bertz CT molecular complexity index is 1200. The zero-order valence-corrected chi connectivity index (χ0v) is 20.0. The average molecular weight is 506 g/mol. The van der Waals surface area contributed by atoms with Gasteiger partial charge in [0.15, 0.2) is 11.5 Å². The summed E-state index contributed by atoms with van der Waals surface area (Å²) in [6, 6.07) is 11.5. The number of amides is 2. The third-order valence-corrected chi connectivity index (χ3v) is 5.29. The molecule has 0 unspecified atom stereocenters. The van der Waals surface area contributed by atoms with Crippen LogP contribution in [0.25, 0.3) is 11.3 Å². The maximum atomic E-state index is 12.4. The molecule has 1 aromatic heterocycles. The number of hydrogen-bond donors (Lipinski definition) is 2. The monoisotopic (exact) mass is 505 g/mol. The van der Waals surface area contributed by atoms with Gasteiger partial charge < -0.3 is 23.9 Å². The van der Waals surface area contributed by atoms with E-state index < -0.39 is 11.8 Å². The summed E-state index contributed by atoms with van der Waals surface area (Å²) in [6.45, 7) is -0.306. The van der Waals surface area contributed by atoms with Crippen LogP contribution in [0.1, 0.15) is 16.1 Å². The Labute approximate surface area is 205 Å². The largest absolute Gasteiger partial charge is 0.493 e. The van der Waals surface area contributed by atoms with Gasteiger partial charge in [-0.05, 0) is 42.5 Å². The van der Waals surface area contributed by atoms with Crippen molar-refractivity contribution in [2.45, 2.75) is 0 Å². The van der Waals surface area contributed by atoms with Crippen LogP contribution in [-0.4, -0.2) is 45.9 Å². The number of furan rings is 1. The van der Waals surface area contributed by atoms with E-state index >= 15 is 0 Å². The summed E-state index contributed by atoms with van der Waals surface area (Å²) in [5, 5.41) is 7.19. The number of nitrogens with one attached hydrogen (secondary N) is 2. The van der Waals surface area contributed by atoms with Gasteiger partial charge in [0.05, 0.1) is 44.1 Å². The maximum absolute atomic E-state index is 12.4. The topological polar surface area (TPSA) is 111 Å². The average Bonchev–Trinajstić information content (AvgIpc) is 3.32. The lowest BCUT2D eigenvalue weighted by atomic mass is 10.1.